The predicted octanol–water partition coefficient (Wildman–Crippen LogP) is 4.97. The van der Waals surface area contributed by atoms with Gasteiger partial charge in [0.05, 0.1) is 12.3 Å². The Balaban J connectivity index is 1.80. The molecule has 1 saturated heterocycles. The number of unbranched alkanes of at least 4 members (excludes halogenated alkanes) is 2. The number of benzene rings is 1. The topological polar surface area (TPSA) is 159 Å². The lowest BCUT2D eigenvalue weighted by Gasteiger charge is -2.36. The number of nitrogens with one attached hydrogen (secondary N) is 3. The Morgan fingerprint density at radius 1 is 0.917 bits per heavy atom. The Morgan fingerprint density at radius 2 is 1.58 bits per heavy atom. The van der Waals surface area contributed by atoms with Crippen molar-refractivity contribution in [3.63, 3.8) is 0 Å². The number of esters is 1. The molecule has 2 heterocycles. The molecule has 0 aliphatic carbocycles. The van der Waals surface area contributed by atoms with Crippen molar-refractivity contribution in [2.24, 2.45) is 0 Å². The SMILES string of the molecule is CCCCCOC(=O)N1CCN(C(=O)[C@H](CCC(=O)OC(C)(C)C)NC(=O)c2cc(NC(=O)NC(C)C)cc(-c3ccccc3)n2)CC1. The van der Waals surface area contributed by atoms with Gasteiger partial charge in [-0.25, -0.2) is 14.6 Å². The number of aromatic nitrogens is 1. The number of hydrogen-bond acceptors (Lipinski definition) is 8. The van der Waals surface area contributed by atoms with Gasteiger partial charge < -0.3 is 35.2 Å². The second-order valence-corrected chi connectivity index (χ2v) is 13.0. The van der Waals surface area contributed by atoms with E-state index in [0.29, 0.717) is 18.0 Å². The van der Waals surface area contributed by atoms with Crippen LogP contribution in [0.2, 0.25) is 0 Å². The van der Waals surface area contributed by atoms with Crippen molar-refractivity contribution in [1.29, 1.82) is 0 Å². The molecule has 1 aromatic carbocycles. The highest BCUT2D eigenvalue weighted by Crippen LogP contribution is 2.22. The van der Waals surface area contributed by atoms with E-state index in [1.165, 1.54) is 6.07 Å². The van der Waals surface area contributed by atoms with E-state index in [1.54, 1.807) is 36.6 Å². The van der Waals surface area contributed by atoms with Crippen molar-refractivity contribution in [3.8, 4) is 11.3 Å². The summed E-state index contributed by atoms with van der Waals surface area (Å²) < 4.78 is 10.8. The van der Waals surface area contributed by atoms with Gasteiger partial charge in [-0.3, -0.25) is 14.4 Å². The minimum Gasteiger partial charge on any atom is -0.460 e. The van der Waals surface area contributed by atoms with Gasteiger partial charge in [-0.1, -0.05) is 50.1 Å². The summed E-state index contributed by atoms with van der Waals surface area (Å²) in [5, 5.41) is 8.29. The first kappa shape index (κ1) is 37.8. The largest absolute Gasteiger partial charge is 0.460 e. The van der Waals surface area contributed by atoms with Gasteiger partial charge in [0.2, 0.25) is 5.91 Å². The van der Waals surface area contributed by atoms with Crippen LogP contribution in [0.25, 0.3) is 11.3 Å². The summed E-state index contributed by atoms with van der Waals surface area (Å²) in [7, 11) is 0. The van der Waals surface area contributed by atoms with Crippen LogP contribution in [0.3, 0.4) is 0 Å². The summed E-state index contributed by atoms with van der Waals surface area (Å²) in [4.78, 5) is 72.9. The zero-order valence-corrected chi connectivity index (χ0v) is 29.0. The maximum atomic E-state index is 13.8. The molecule has 1 aliphatic heterocycles. The number of anilines is 1. The van der Waals surface area contributed by atoms with Crippen LogP contribution in [-0.2, 0) is 19.1 Å². The first-order chi connectivity index (χ1) is 22.8. The number of carbonyl (C=O) groups is 5. The molecule has 0 unspecified atom stereocenters. The first-order valence-electron chi connectivity index (χ1n) is 16.6. The second kappa shape index (κ2) is 18.0. The quantitative estimate of drug-likeness (QED) is 0.200. The number of urea groups is 1. The fourth-order valence-corrected chi connectivity index (χ4v) is 4.98. The van der Waals surface area contributed by atoms with E-state index >= 15 is 0 Å². The predicted molar refractivity (Wildman–Crippen MR) is 182 cm³/mol. The fourth-order valence-electron chi connectivity index (χ4n) is 4.98. The number of hydrogen-bond donors (Lipinski definition) is 3. The Morgan fingerprint density at radius 3 is 2.21 bits per heavy atom. The van der Waals surface area contributed by atoms with Gasteiger partial charge in [0.25, 0.3) is 5.91 Å². The molecule has 3 N–H and O–H groups in total. The minimum absolute atomic E-state index is 0.0144. The number of rotatable bonds is 13. The van der Waals surface area contributed by atoms with E-state index in [-0.39, 0.29) is 50.8 Å². The zero-order chi connectivity index (χ0) is 35.3. The third kappa shape index (κ3) is 12.5. The highest BCUT2D eigenvalue weighted by Gasteiger charge is 2.32. The Bertz CT molecular complexity index is 1400. The highest BCUT2D eigenvalue weighted by molar-refractivity contribution is 5.99. The second-order valence-electron chi connectivity index (χ2n) is 13.0. The van der Waals surface area contributed by atoms with Crippen molar-refractivity contribution < 1.29 is 33.4 Å². The molecule has 5 amide bonds. The van der Waals surface area contributed by atoms with Crippen LogP contribution in [0.5, 0.6) is 0 Å². The van der Waals surface area contributed by atoms with Crippen molar-refractivity contribution in [3.05, 3.63) is 48.2 Å². The Hall–Kier alpha value is -4.68. The molecule has 0 radical (unpaired) electrons. The van der Waals surface area contributed by atoms with E-state index in [9.17, 15) is 24.0 Å². The maximum absolute atomic E-state index is 13.8. The molecule has 1 atom stereocenters. The van der Waals surface area contributed by atoms with E-state index < -0.39 is 41.6 Å². The fraction of sp³-hybridized carbons (Fsp3) is 0.543. The molecule has 48 heavy (non-hydrogen) atoms. The molecular weight excluding hydrogens is 616 g/mol. The molecule has 1 aliphatic rings. The third-order valence-electron chi connectivity index (χ3n) is 7.29. The average molecular weight is 667 g/mol. The van der Waals surface area contributed by atoms with Gasteiger partial charge >= 0.3 is 18.1 Å². The summed E-state index contributed by atoms with van der Waals surface area (Å²) in [6, 6.07) is 10.6. The standard InChI is InChI=1S/C35H50N6O7/c1-7-8-12-21-47-34(46)41-19-17-40(18-20-41)32(44)27(15-16-30(42)48-35(4,5)6)39-31(43)29-23-26(37-33(45)36-24(2)3)22-28(38-29)25-13-10-9-11-14-25/h9-11,13-14,22-24,27H,7-8,12,15-21H2,1-6H3,(H,39,43)(H2,36,37,38,45)/t27-/m0/s1. The molecule has 262 valence electrons. The molecular formula is C35H50N6O7. The van der Waals surface area contributed by atoms with Crippen LogP contribution < -0.4 is 16.0 Å². The first-order valence-corrected chi connectivity index (χ1v) is 16.6. The van der Waals surface area contributed by atoms with Gasteiger partial charge in [0, 0.05) is 49.9 Å². The third-order valence-corrected chi connectivity index (χ3v) is 7.29. The van der Waals surface area contributed by atoms with E-state index in [4.69, 9.17) is 9.47 Å². The molecule has 13 nitrogen and oxygen atoms in total. The molecule has 2 aromatic rings. The molecule has 0 spiro atoms. The molecule has 1 fully saturated rings. The molecule has 0 bridgehead atoms. The van der Waals surface area contributed by atoms with Gasteiger partial charge in [-0.05, 0) is 59.6 Å². The van der Waals surface area contributed by atoms with Crippen LogP contribution in [-0.4, -0.2) is 95.2 Å². The lowest BCUT2D eigenvalue weighted by Crippen LogP contribution is -2.56. The van der Waals surface area contributed by atoms with Crippen LogP contribution in [0.15, 0.2) is 42.5 Å². The Labute approximate surface area is 283 Å². The molecule has 3 rings (SSSR count). The molecule has 0 saturated carbocycles. The zero-order valence-electron chi connectivity index (χ0n) is 29.0. The number of pyridine rings is 1. The van der Waals surface area contributed by atoms with Gasteiger partial charge in [0.15, 0.2) is 0 Å². The number of carbonyl (C=O) groups excluding carboxylic acids is 5. The summed E-state index contributed by atoms with van der Waals surface area (Å²) >= 11 is 0. The molecule has 13 heteroatoms. The summed E-state index contributed by atoms with van der Waals surface area (Å²) in [6.07, 6.45) is 2.25. The minimum atomic E-state index is -1.08. The monoisotopic (exact) mass is 666 g/mol. The van der Waals surface area contributed by atoms with Gasteiger partial charge in [-0.2, -0.15) is 0 Å². The highest BCUT2D eigenvalue weighted by atomic mass is 16.6. The van der Waals surface area contributed by atoms with Crippen molar-refractivity contribution >= 4 is 35.6 Å². The summed E-state index contributed by atoms with van der Waals surface area (Å²) in [5.74, 6) is -1.55. The lowest BCUT2D eigenvalue weighted by molar-refractivity contribution is -0.155. The van der Waals surface area contributed by atoms with Gasteiger partial charge in [-0.15, -0.1) is 0 Å². The van der Waals surface area contributed by atoms with Crippen molar-refractivity contribution in [2.75, 3.05) is 38.1 Å². The summed E-state index contributed by atoms with van der Waals surface area (Å²) in [6.45, 7) is 12.4. The molecule has 1 aromatic heterocycles. The number of amides is 5. The van der Waals surface area contributed by atoms with Gasteiger partial charge in [0.1, 0.15) is 17.3 Å². The Kier molecular flexibility index (Phi) is 14.2. The van der Waals surface area contributed by atoms with Crippen LogP contribution in [0.4, 0.5) is 15.3 Å². The smallest absolute Gasteiger partial charge is 0.409 e. The van der Waals surface area contributed by atoms with Crippen LogP contribution in [0, 0.1) is 0 Å². The van der Waals surface area contributed by atoms with E-state index in [2.05, 4.69) is 27.9 Å². The lowest BCUT2D eigenvalue weighted by atomic mass is 10.1. The van der Waals surface area contributed by atoms with Crippen LogP contribution >= 0.6 is 0 Å². The van der Waals surface area contributed by atoms with E-state index in [0.717, 1.165) is 24.8 Å². The normalized spacial score (nSPS) is 13.8. The van der Waals surface area contributed by atoms with Crippen molar-refractivity contribution in [1.82, 2.24) is 25.4 Å². The van der Waals surface area contributed by atoms with E-state index in [1.807, 2.05) is 44.2 Å². The maximum Gasteiger partial charge on any atom is 0.409 e. The average Bonchev–Trinajstić information content (AvgIpc) is 3.03. The van der Waals surface area contributed by atoms with Crippen LogP contribution in [0.1, 0.15) is 84.1 Å². The number of piperazine rings is 1. The number of nitrogens with zero attached hydrogens (tertiary/aromatic N) is 3. The number of ether oxygens (including phenoxy) is 2. The van der Waals surface area contributed by atoms with Crippen molar-refractivity contribution in [2.45, 2.75) is 91.3 Å². The summed E-state index contributed by atoms with van der Waals surface area (Å²) in [5.41, 5.74) is 0.758.